The van der Waals surface area contributed by atoms with Crippen molar-refractivity contribution in [2.45, 2.75) is 5.41 Å². The molecule has 0 fully saturated rings. The smallest absolute Gasteiger partial charge is 0.159 e. The Morgan fingerprint density at radius 2 is 0.969 bits per heavy atom. The minimum absolute atomic E-state index is 0.613. The van der Waals surface area contributed by atoms with Crippen molar-refractivity contribution in [1.29, 1.82) is 0 Å². The fourth-order valence-corrected chi connectivity index (χ4v) is 12.5. The lowest BCUT2D eigenvalue weighted by Gasteiger charge is -2.36. The van der Waals surface area contributed by atoms with Crippen molar-refractivity contribution in [1.82, 2.24) is 0 Å². The Labute approximate surface area is 374 Å². The molecule has 2 aliphatic carbocycles. The van der Waals surface area contributed by atoms with Crippen LogP contribution in [0.1, 0.15) is 22.3 Å². The fourth-order valence-electron chi connectivity index (χ4n) is 11.4. The van der Waals surface area contributed by atoms with Gasteiger partial charge in [-0.25, -0.2) is 0 Å². The number of para-hydroxylation sites is 3. The van der Waals surface area contributed by atoms with Crippen LogP contribution in [0.2, 0.25) is 0 Å². The first-order chi connectivity index (χ1) is 31.8. The quantitative estimate of drug-likeness (QED) is 0.176. The van der Waals surface area contributed by atoms with Gasteiger partial charge in [0.15, 0.2) is 5.58 Å². The number of anilines is 3. The van der Waals surface area contributed by atoms with Crippen LogP contribution < -0.4 is 4.90 Å². The number of fused-ring (bicyclic) bond motifs is 19. The molecule has 2 aliphatic rings. The Hall–Kier alpha value is -7.98. The Kier molecular flexibility index (Phi) is 7.51. The van der Waals surface area contributed by atoms with Crippen LogP contribution in [0.5, 0.6) is 0 Å². The predicted octanol–water partition coefficient (Wildman–Crippen LogP) is 17.1. The van der Waals surface area contributed by atoms with E-state index in [1.54, 1.807) is 0 Å². The molecule has 64 heavy (non-hydrogen) atoms. The summed E-state index contributed by atoms with van der Waals surface area (Å²) in [5, 5.41) is 4.87. The Morgan fingerprint density at radius 1 is 0.375 bits per heavy atom. The molecule has 0 bridgehead atoms. The summed E-state index contributed by atoms with van der Waals surface area (Å²) < 4.78 is 9.49. The topological polar surface area (TPSA) is 16.4 Å². The van der Waals surface area contributed by atoms with E-state index in [2.05, 4.69) is 229 Å². The van der Waals surface area contributed by atoms with Gasteiger partial charge in [0.1, 0.15) is 5.58 Å². The van der Waals surface area contributed by atoms with Crippen LogP contribution in [0.3, 0.4) is 0 Å². The minimum atomic E-state index is -0.613. The summed E-state index contributed by atoms with van der Waals surface area (Å²) in [7, 11) is 0. The van der Waals surface area contributed by atoms with Crippen LogP contribution in [0.4, 0.5) is 17.1 Å². The Balaban J connectivity index is 1.12. The first-order valence-corrected chi connectivity index (χ1v) is 22.8. The van der Waals surface area contributed by atoms with Gasteiger partial charge in [-0.3, -0.25) is 0 Å². The molecular weight excluding hydrogens is 795 g/mol. The summed E-state index contributed by atoms with van der Waals surface area (Å²) in [4.78, 5) is 2.43. The highest BCUT2D eigenvalue weighted by Gasteiger charge is 2.50. The highest BCUT2D eigenvalue weighted by molar-refractivity contribution is 7.26. The molecule has 2 heterocycles. The summed E-state index contributed by atoms with van der Waals surface area (Å²) >= 11 is 1.89. The molecule has 0 amide bonds. The highest BCUT2D eigenvalue weighted by atomic mass is 32.1. The van der Waals surface area contributed by atoms with Crippen molar-refractivity contribution in [3.63, 3.8) is 0 Å². The molecule has 0 radical (unpaired) electrons. The summed E-state index contributed by atoms with van der Waals surface area (Å²) in [6.07, 6.45) is 0. The molecule has 1 spiro atoms. The van der Waals surface area contributed by atoms with Crippen LogP contribution >= 0.6 is 11.3 Å². The van der Waals surface area contributed by atoms with Crippen LogP contribution in [-0.2, 0) is 5.41 Å². The summed E-state index contributed by atoms with van der Waals surface area (Å²) in [5.74, 6) is 0. The summed E-state index contributed by atoms with van der Waals surface area (Å²) in [5.41, 5.74) is 19.3. The van der Waals surface area contributed by atoms with E-state index >= 15 is 0 Å². The van der Waals surface area contributed by atoms with E-state index in [1.807, 2.05) is 11.3 Å². The van der Waals surface area contributed by atoms with Crippen LogP contribution in [-0.4, -0.2) is 0 Å². The predicted molar refractivity (Wildman–Crippen MR) is 268 cm³/mol. The first-order valence-electron chi connectivity index (χ1n) is 22.0. The molecule has 2 nitrogen and oxygen atoms in total. The maximum atomic E-state index is 6.86. The number of nitrogens with zero attached hydrogens (tertiary/aromatic N) is 1. The number of hydrogen-bond acceptors (Lipinski definition) is 3. The number of furan rings is 1. The molecule has 2 aromatic heterocycles. The number of benzene rings is 10. The molecule has 1 unspecified atom stereocenters. The molecule has 1 atom stereocenters. The van der Waals surface area contributed by atoms with Gasteiger partial charge in [0.25, 0.3) is 0 Å². The third kappa shape index (κ3) is 4.79. The lowest BCUT2D eigenvalue weighted by atomic mass is 9.66. The average Bonchev–Trinajstić information content (AvgIpc) is 4.01. The van der Waals surface area contributed by atoms with Gasteiger partial charge in [-0.05, 0) is 104 Å². The van der Waals surface area contributed by atoms with Crippen LogP contribution in [0.15, 0.2) is 229 Å². The molecule has 0 saturated heterocycles. The van der Waals surface area contributed by atoms with E-state index in [0.29, 0.717) is 0 Å². The van der Waals surface area contributed by atoms with Gasteiger partial charge in [0.05, 0.1) is 16.8 Å². The van der Waals surface area contributed by atoms with Gasteiger partial charge >= 0.3 is 0 Å². The zero-order chi connectivity index (χ0) is 41.9. The minimum Gasteiger partial charge on any atom is -0.454 e. The van der Waals surface area contributed by atoms with Crippen molar-refractivity contribution in [3.05, 3.63) is 247 Å². The molecule has 12 aromatic rings. The van der Waals surface area contributed by atoms with E-state index < -0.39 is 5.41 Å². The molecule has 10 aromatic carbocycles. The van der Waals surface area contributed by atoms with Gasteiger partial charge in [-0.1, -0.05) is 182 Å². The molecule has 0 saturated carbocycles. The van der Waals surface area contributed by atoms with Crippen LogP contribution in [0, 0.1) is 0 Å². The normalized spacial score (nSPS) is 14.6. The number of rotatable bonds is 4. The van der Waals surface area contributed by atoms with Crippen molar-refractivity contribution in [3.8, 4) is 44.5 Å². The van der Waals surface area contributed by atoms with Crippen molar-refractivity contribution in [2.24, 2.45) is 0 Å². The standard InChI is InChI=1S/C61H37NOS/c1-2-17-38(18-3-1)40-19-8-13-29-53(40)62(54-30-16-26-45-44-23-9-14-31-55(44)63-60(45)54)39-33-34-51-48(37-39)42-21-5-4-20-41(42)43-22-6-11-27-49(43)61(51)50-28-12-7-24-46(50)58-52(61)35-36-57-59(58)47-25-10-15-32-56(47)64-57/h1-37H. The van der Waals surface area contributed by atoms with Gasteiger partial charge in [-0.2, -0.15) is 0 Å². The van der Waals surface area contributed by atoms with Gasteiger partial charge < -0.3 is 9.32 Å². The van der Waals surface area contributed by atoms with Crippen molar-refractivity contribution in [2.75, 3.05) is 4.90 Å². The Bertz CT molecular complexity index is 3870. The second-order valence-electron chi connectivity index (χ2n) is 17.0. The average molecular weight is 832 g/mol. The molecular formula is C61H37NOS. The second kappa shape index (κ2) is 13.5. The van der Waals surface area contributed by atoms with Crippen LogP contribution in [0.25, 0.3) is 86.6 Å². The number of thiophene rings is 1. The van der Waals surface area contributed by atoms with Gasteiger partial charge in [0.2, 0.25) is 0 Å². The van der Waals surface area contributed by atoms with Crippen molar-refractivity contribution >= 4 is 70.5 Å². The van der Waals surface area contributed by atoms with Gasteiger partial charge in [0, 0.05) is 42.2 Å². The monoisotopic (exact) mass is 831 g/mol. The largest absolute Gasteiger partial charge is 0.454 e. The summed E-state index contributed by atoms with van der Waals surface area (Å²) in [6.45, 7) is 0. The number of hydrogen-bond donors (Lipinski definition) is 0. The lowest BCUT2D eigenvalue weighted by molar-refractivity contribution is 0.669. The highest BCUT2D eigenvalue weighted by Crippen LogP contribution is 2.64. The molecule has 0 aliphatic heterocycles. The molecule has 0 N–H and O–H groups in total. The summed E-state index contributed by atoms with van der Waals surface area (Å²) in [6, 6.07) is 82.9. The molecule has 3 heteroatoms. The molecule has 298 valence electrons. The SMILES string of the molecule is c1ccc(-c2ccccc2N(c2ccc3c(c2)-c2ccccc2-c2ccccc2C32c3ccccc3-c3c2ccc2sc4ccccc4c32)c2cccc3c2oc2ccccc23)cc1. The van der Waals surface area contributed by atoms with Gasteiger partial charge in [-0.15, -0.1) is 11.3 Å². The first kappa shape index (κ1) is 35.6. The Morgan fingerprint density at radius 3 is 1.81 bits per heavy atom. The molecule has 14 rings (SSSR count). The van der Waals surface area contributed by atoms with E-state index in [1.165, 1.54) is 75.8 Å². The van der Waals surface area contributed by atoms with E-state index in [-0.39, 0.29) is 0 Å². The van der Waals surface area contributed by atoms with E-state index in [4.69, 9.17) is 4.42 Å². The zero-order valence-electron chi connectivity index (χ0n) is 34.6. The maximum absolute atomic E-state index is 6.86. The lowest BCUT2D eigenvalue weighted by Crippen LogP contribution is -2.29. The third-order valence-corrected chi connectivity index (χ3v) is 15.0. The van der Waals surface area contributed by atoms with E-state index in [9.17, 15) is 0 Å². The zero-order valence-corrected chi connectivity index (χ0v) is 35.4. The maximum Gasteiger partial charge on any atom is 0.159 e. The second-order valence-corrected chi connectivity index (χ2v) is 18.1. The van der Waals surface area contributed by atoms with E-state index in [0.717, 1.165) is 50.1 Å². The fraction of sp³-hybridized carbons (Fsp3) is 0.0164. The van der Waals surface area contributed by atoms with Crippen molar-refractivity contribution < 1.29 is 4.42 Å². The third-order valence-electron chi connectivity index (χ3n) is 13.9.